The van der Waals surface area contributed by atoms with E-state index in [2.05, 4.69) is 0 Å². The van der Waals surface area contributed by atoms with Crippen molar-refractivity contribution in [1.29, 1.82) is 0 Å². The van der Waals surface area contributed by atoms with Crippen LogP contribution in [0.3, 0.4) is 0 Å². The van der Waals surface area contributed by atoms with Crippen LogP contribution in [0.4, 0.5) is 13.2 Å². The number of allylic oxidation sites excluding steroid dienone is 2. The average Bonchev–Trinajstić information content (AvgIpc) is 2.72. The number of ketones is 1. The minimum atomic E-state index is -4.57. The van der Waals surface area contributed by atoms with Crippen molar-refractivity contribution in [3.63, 3.8) is 0 Å². The first-order valence-electron chi connectivity index (χ1n) is 10.2. The van der Waals surface area contributed by atoms with Crippen molar-refractivity contribution in [3.05, 3.63) is 82.6 Å². The van der Waals surface area contributed by atoms with Crippen LogP contribution >= 0.6 is 0 Å². The Morgan fingerprint density at radius 1 is 0.903 bits per heavy atom. The molecule has 0 N–H and O–H groups in total. The first kappa shape index (κ1) is 21.3. The Morgan fingerprint density at radius 2 is 1.55 bits per heavy atom. The number of halogens is 3. The second-order valence-corrected chi connectivity index (χ2v) is 8.19. The van der Waals surface area contributed by atoms with Gasteiger partial charge in [0, 0.05) is 44.1 Å². The Morgan fingerprint density at radius 3 is 2.19 bits per heavy atom. The van der Waals surface area contributed by atoms with Crippen LogP contribution in [0.25, 0.3) is 0 Å². The number of benzene rings is 2. The molecule has 0 saturated heterocycles. The summed E-state index contributed by atoms with van der Waals surface area (Å²) in [6.07, 6.45) is -4.11. The Bertz CT molecular complexity index is 1040. The van der Waals surface area contributed by atoms with Crippen molar-refractivity contribution in [3.8, 4) is 0 Å². The highest BCUT2D eigenvalue weighted by Crippen LogP contribution is 2.48. The summed E-state index contributed by atoms with van der Waals surface area (Å²) in [5, 5.41) is 3.05. The van der Waals surface area contributed by atoms with Gasteiger partial charge in [-0.15, -0.1) is 0 Å². The second-order valence-electron chi connectivity index (χ2n) is 8.19. The maximum atomic E-state index is 13.7. The molecule has 0 unspecified atom stereocenters. The highest BCUT2D eigenvalue weighted by atomic mass is 19.4. The third kappa shape index (κ3) is 3.90. The molecule has 1 amide bonds. The van der Waals surface area contributed by atoms with E-state index in [-0.39, 0.29) is 36.0 Å². The zero-order valence-corrected chi connectivity index (χ0v) is 17.3. The summed E-state index contributed by atoms with van der Waals surface area (Å²) in [5.41, 5.74) is 1.01. The van der Waals surface area contributed by atoms with Crippen LogP contribution in [0, 0.1) is 0 Å². The molecule has 0 fully saturated rings. The molecule has 2 aromatic carbocycles. The summed E-state index contributed by atoms with van der Waals surface area (Å²) in [6, 6.07) is 14.8. The van der Waals surface area contributed by atoms with Crippen LogP contribution < -0.4 is 0 Å². The smallest absolute Gasteiger partial charge is 0.294 e. The number of hydrogen-bond donors (Lipinski definition) is 0. The zero-order valence-electron chi connectivity index (χ0n) is 17.3. The number of hydrazine groups is 1. The fourth-order valence-electron chi connectivity index (χ4n) is 4.77. The molecule has 0 radical (unpaired) electrons. The number of carbonyl (C=O) groups excluding carboxylic acids is 2. The van der Waals surface area contributed by atoms with Gasteiger partial charge in [0.1, 0.15) is 0 Å². The highest BCUT2D eigenvalue weighted by Gasteiger charge is 2.45. The third-order valence-electron chi connectivity index (χ3n) is 6.01. The van der Waals surface area contributed by atoms with Crippen LogP contribution in [0.15, 0.2) is 65.9 Å². The van der Waals surface area contributed by atoms with E-state index in [0.717, 1.165) is 11.6 Å². The number of hydrogen-bond acceptors (Lipinski definition) is 3. The van der Waals surface area contributed by atoms with E-state index in [9.17, 15) is 22.8 Å². The molecule has 0 bridgehead atoms. The Balaban J connectivity index is 1.86. The standard InChI is InChI=1S/C24H23F3N2O2/c1-28(2)29-20-12-16(15-8-4-3-5-9-15)13-21(30)23(20)18(14-22(29)31)17-10-6-7-11-19(17)24(25,26)27/h3-11,16,18H,12-14H2,1-2H3/t16-,18-/m1/s1. The molecule has 1 heterocycles. The van der Waals surface area contributed by atoms with Crippen LogP contribution in [0.1, 0.15) is 47.8 Å². The van der Waals surface area contributed by atoms with Gasteiger partial charge in [0.2, 0.25) is 5.91 Å². The van der Waals surface area contributed by atoms with E-state index >= 15 is 0 Å². The van der Waals surface area contributed by atoms with E-state index < -0.39 is 17.7 Å². The fraction of sp³-hybridized carbons (Fsp3) is 0.333. The van der Waals surface area contributed by atoms with Gasteiger partial charge >= 0.3 is 6.18 Å². The first-order chi connectivity index (χ1) is 14.7. The maximum Gasteiger partial charge on any atom is 0.416 e. The average molecular weight is 428 g/mol. The van der Waals surface area contributed by atoms with Crippen molar-refractivity contribution in [2.75, 3.05) is 14.1 Å². The molecule has 0 aromatic heterocycles. The molecule has 4 nitrogen and oxygen atoms in total. The Hall–Kier alpha value is -2.93. The van der Waals surface area contributed by atoms with Crippen LogP contribution in [0.2, 0.25) is 0 Å². The number of amides is 1. The predicted octanol–water partition coefficient (Wildman–Crippen LogP) is 4.90. The van der Waals surface area contributed by atoms with Gasteiger partial charge in [-0.2, -0.15) is 13.2 Å². The molecule has 0 spiro atoms. The number of carbonyl (C=O) groups is 2. The lowest BCUT2D eigenvalue weighted by atomic mass is 9.72. The molecular formula is C24H23F3N2O2. The molecule has 1 aliphatic heterocycles. The van der Waals surface area contributed by atoms with Gasteiger partial charge in [-0.05, 0) is 29.5 Å². The summed E-state index contributed by atoms with van der Waals surface area (Å²) in [6.45, 7) is 0. The summed E-state index contributed by atoms with van der Waals surface area (Å²) in [5.74, 6) is -1.54. The molecule has 7 heteroatoms. The van der Waals surface area contributed by atoms with Crippen LogP contribution in [-0.2, 0) is 15.8 Å². The summed E-state index contributed by atoms with van der Waals surface area (Å²) < 4.78 is 41.1. The molecule has 1 aliphatic carbocycles. The quantitative estimate of drug-likeness (QED) is 0.698. The summed E-state index contributed by atoms with van der Waals surface area (Å²) >= 11 is 0. The number of rotatable bonds is 3. The summed E-state index contributed by atoms with van der Waals surface area (Å²) in [7, 11) is 3.40. The Labute approximate surface area is 178 Å². The zero-order chi connectivity index (χ0) is 22.3. The number of alkyl halides is 3. The molecule has 2 aromatic rings. The van der Waals surface area contributed by atoms with E-state index in [0.29, 0.717) is 17.7 Å². The van der Waals surface area contributed by atoms with Gasteiger partial charge in [-0.1, -0.05) is 48.5 Å². The lowest BCUT2D eigenvalue weighted by Crippen LogP contribution is -2.48. The lowest BCUT2D eigenvalue weighted by Gasteiger charge is -2.43. The summed E-state index contributed by atoms with van der Waals surface area (Å²) in [4.78, 5) is 26.4. The molecule has 0 saturated carbocycles. The number of nitrogens with zero attached hydrogens (tertiary/aromatic N) is 2. The van der Waals surface area contributed by atoms with Gasteiger partial charge in [0.25, 0.3) is 0 Å². The maximum absolute atomic E-state index is 13.7. The van der Waals surface area contributed by atoms with E-state index in [1.54, 1.807) is 19.1 Å². The van der Waals surface area contributed by atoms with Crippen LogP contribution in [0.5, 0.6) is 0 Å². The second kappa shape index (κ2) is 7.96. The van der Waals surface area contributed by atoms with Crippen molar-refractivity contribution < 1.29 is 22.8 Å². The minimum absolute atomic E-state index is 0.0132. The van der Waals surface area contributed by atoms with Crippen molar-refractivity contribution >= 4 is 11.7 Å². The molecule has 4 rings (SSSR count). The molecule has 2 atom stereocenters. The van der Waals surface area contributed by atoms with Gasteiger partial charge < -0.3 is 0 Å². The van der Waals surface area contributed by atoms with Gasteiger partial charge in [-0.25, -0.2) is 10.0 Å². The normalized spacial score (nSPS) is 22.2. The lowest BCUT2D eigenvalue weighted by molar-refractivity contribution is -0.144. The van der Waals surface area contributed by atoms with Crippen molar-refractivity contribution in [2.24, 2.45) is 0 Å². The van der Waals surface area contributed by atoms with Crippen molar-refractivity contribution in [1.82, 2.24) is 10.0 Å². The largest absolute Gasteiger partial charge is 0.416 e. The van der Waals surface area contributed by atoms with Gasteiger partial charge in [0.05, 0.1) is 5.56 Å². The Kier molecular flexibility index (Phi) is 5.47. The molecule has 162 valence electrons. The van der Waals surface area contributed by atoms with Crippen LogP contribution in [-0.4, -0.2) is 35.8 Å². The van der Waals surface area contributed by atoms with E-state index in [4.69, 9.17) is 0 Å². The monoisotopic (exact) mass is 428 g/mol. The molecule has 31 heavy (non-hydrogen) atoms. The van der Waals surface area contributed by atoms with Gasteiger partial charge in [-0.3, -0.25) is 9.59 Å². The number of Topliss-reactive ketones (excluding diaryl/α,β-unsaturated/α-hetero) is 1. The van der Waals surface area contributed by atoms with E-state index in [1.165, 1.54) is 23.2 Å². The fourth-order valence-corrected chi connectivity index (χ4v) is 4.77. The third-order valence-corrected chi connectivity index (χ3v) is 6.01. The van der Waals surface area contributed by atoms with Crippen molar-refractivity contribution in [2.45, 2.75) is 37.3 Å². The SMILES string of the molecule is CN(C)N1C(=O)C[C@H](c2ccccc2C(F)(F)F)C2=C1C[C@@H](c1ccccc1)CC2=O. The topological polar surface area (TPSA) is 40.6 Å². The highest BCUT2D eigenvalue weighted by molar-refractivity contribution is 6.02. The van der Waals surface area contributed by atoms with Gasteiger partial charge in [0.15, 0.2) is 5.78 Å². The molecular weight excluding hydrogens is 405 g/mol. The predicted molar refractivity (Wildman–Crippen MR) is 110 cm³/mol. The first-order valence-corrected chi connectivity index (χ1v) is 10.2. The van der Waals surface area contributed by atoms with E-state index in [1.807, 2.05) is 30.3 Å². The molecule has 2 aliphatic rings. The minimum Gasteiger partial charge on any atom is -0.294 e.